The van der Waals surface area contributed by atoms with Gasteiger partial charge in [-0.25, -0.2) is 13.4 Å². The summed E-state index contributed by atoms with van der Waals surface area (Å²) in [6.07, 6.45) is 0.698. The standard InChI is InChI=1S/C26H30ClN5O6S3/c1-15-10-19-21(13-28-15)39-24(29-19)25(35)32-5-4-31(14-17(32)12-22(33)30-6-8-38-9-7-30)41(36,37)26-23(34)18-3-2-16(27)11-20(18)40-26/h2-3,11,15,17,28,34H,4-10,12-14H2,1H3. The molecule has 41 heavy (non-hydrogen) atoms. The van der Waals surface area contributed by atoms with E-state index in [1.165, 1.54) is 15.6 Å². The number of nitrogens with zero attached hydrogens (tertiary/aromatic N) is 4. The van der Waals surface area contributed by atoms with E-state index in [1.54, 1.807) is 28.0 Å². The van der Waals surface area contributed by atoms with E-state index in [-0.39, 0.29) is 53.9 Å². The third-order valence-electron chi connectivity index (χ3n) is 7.72. The maximum atomic E-state index is 13.8. The lowest BCUT2D eigenvalue weighted by Crippen LogP contribution is -2.58. The number of morpholine rings is 1. The molecule has 2 aromatic heterocycles. The molecule has 6 rings (SSSR count). The summed E-state index contributed by atoms with van der Waals surface area (Å²) in [6.45, 7) is 4.52. The first-order valence-corrected chi connectivity index (χ1v) is 16.9. The topological polar surface area (TPSA) is 132 Å². The van der Waals surface area contributed by atoms with Gasteiger partial charge >= 0.3 is 0 Å². The van der Waals surface area contributed by atoms with Crippen molar-refractivity contribution in [2.45, 2.75) is 42.6 Å². The number of piperazine rings is 1. The molecule has 1 aromatic carbocycles. The number of benzene rings is 1. The number of thiazole rings is 1. The zero-order chi connectivity index (χ0) is 28.9. The third kappa shape index (κ3) is 5.58. The van der Waals surface area contributed by atoms with Gasteiger partial charge in [0.1, 0.15) is 0 Å². The van der Waals surface area contributed by atoms with E-state index >= 15 is 0 Å². The Labute approximate surface area is 250 Å². The van der Waals surface area contributed by atoms with Crippen molar-refractivity contribution >= 4 is 66.2 Å². The number of halogens is 1. The fraction of sp³-hybridized carbons (Fsp3) is 0.500. The predicted octanol–water partition coefficient (Wildman–Crippen LogP) is 2.52. The Morgan fingerprint density at radius 2 is 1.98 bits per heavy atom. The number of aromatic nitrogens is 1. The number of carbonyl (C=O) groups is 2. The smallest absolute Gasteiger partial charge is 0.283 e. The van der Waals surface area contributed by atoms with Gasteiger partial charge in [0.25, 0.3) is 15.9 Å². The van der Waals surface area contributed by atoms with Crippen LogP contribution in [0.2, 0.25) is 5.02 Å². The maximum Gasteiger partial charge on any atom is 0.283 e. The van der Waals surface area contributed by atoms with Gasteiger partial charge in [0.15, 0.2) is 15.0 Å². The highest BCUT2D eigenvalue weighted by atomic mass is 35.5. The number of amides is 2. The predicted molar refractivity (Wildman–Crippen MR) is 156 cm³/mol. The highest BCUT2D eigenvalue weighted by Crippen LogP contribution is 2.42. The summed E-state index contributed by atoms with van der Waals surface area (Å²) in [5.74, 6) is -0.781. The number of ether oxygens (including phenoxy) is 1. The molecule has 2 N–H and O–H groups in total. The molecule has 2 unspecified atom stereocenters. The molecule has 11 nitrogen and oxygen atoms in total. The normalized spacial score (nSPS) is 22.2. The molecule has 2 fully saturated rings. The lowest BCUT2D eigenvalue weighted by atomic mass is 10.1. The fourth-order valence-corrected chi connectivity index (χ4v) is 9.87. The van der Waals surface area contributed by atoms with Crippen molar-refractivity contribution in [2.75, 3.05) is 45.9 Å². The minimum absolute atomic E-state index is 0.0223. The van der Waals surface area contributed by atoms with E-state index in [0.717, 1.165) is 28.3 Å². The first kappa shape index (κ1) is 28.8. The number of nitrogens with one attached hydrogen (secondary N) is 1. The molecular formula is C26H30ClN5O6S3. The van der Waals surface area contributed by atoms with Gasteiger partial charge in [-0.15, -0.1) is 22.7 Å². The Hall–Kier alpha value is -2.33. The van der Waals surface area contributed by atoms with Gasteiger partial charge in [0.05, 0.1) is 24.9 Å². The van der Waals surface area contributed by atoms with Gasteiger partial charge in [-0.05, 0) is 25.1 Å². The van der Waals surface area contributed by atoms with Gasteiger partial charge in [-0.2, -0.15) is 4.31 Å². The van der Waals surface area contributed by atoms with Gasteiger partial charge < -0.3 is 25.0 Å². The molecule has 0 radical (unpaired) electrons. The molecule has 3 aliphatic rings. The van der Waals surface area contributed by atoms with Crippen LogP contribution < -0.4 is 5.32 Å². The Morgan fingerprint density at radius 3 is 2.76 bits per heavy atom. The van der Waals surface area contributed by atoms with Crippen LogP contribution in [-0.4, -0.2) is 102 Å². The monoisotopic (exact) mass is 639 g/mol. The number of sulfonamides is 1. The molecule has 2 atom stereocenters. The van der Waals surface area contributed by atoms with Crippen LogP contribution >= 0.6 is 34.3 Å². The summed E-state index contributed by atoms with van der Waals surface area (Å²) in [5, 5.41) is 15.4. The van der Waals surface area contributed by atoms with Crippen molar-refractivity contribution in [2.24, 2.45) is 0 Å². The van der Waals surface area contributed by atoms with Gasteiger partial charge in [-0.3, -0.25) is 9.59 Å². The van der Waals surface area contributed by atoms with Crippen LogP contribution in [0.25, 0.3) is 10.1 Å². The summed E-state index contributed by atoms with van der Waals surface area (Å²) in [7, 11) is -4.13. The summed E-state index contributed by atoms with van der Waals surface area (Å²) >= 11 is 8.38. The van der Waals surface area contributed by atoms with E-state index in [0.29, 0.717) is 53.0 Å². The summed E-state index contributed by atoms with van der Waals surface area (Å²) in [4.78, 5) is 36.0. The molecule has 220 valence electrons. The number of fused-ring (bicyclic) bond motifs is 2. The number of hydrogen-bond donors (Lipinski definition) is 2. The highest BCUT2D eigenvalue weighted by molar-refractivity contribution is 7.91. The maximum absolute atomic E-state index is 13.8. The molecule has 0 saturated carbocycles. The minimum Gasteiger partial charge on any atom is -0.505 e. The molecule has 0 spiro atoms. The van der Waals surface area contributed by atoms with Gasteiger partial charge in [0, 0.05) is 78.1 Å². The molecular weight excluding hydrogens is 610 g/mol. The van der Waals surface area contributed by atoms with Crippen LogP contribution in [0.15, 0.2) is 22.4 Å². The van der Waals surface area contributed by atoms with Crippen molar-refractivity contribution in [1.29, 1.82) is 0 Å². The molecule has 0 bridgehead atoms. The van der Waals surface area contributed by atoms with Crippen molar-refractivity contribution in [3.05, 3.63) is 38.8 Å². The average Bonchev–Trinajstić information content (AvgIpc) is 3.53. The number of hydrogen-bond acceptors (Lipinski definition) is 10. The summed E-state index contributed by atoms with van der Waals surface area (Å²) in [5.41, 5.74) is 0.909. The lowest BCUT2D eigenvalue weighted by Gasteiger charge is -2.41. The third-order valence-corrected chi connectivity index (χ3v) is 12.5. The SMILES string of the molecule is CC1Cc2nc(C(=O)N3CCN(S(=O)(=O)c4sc5cc(Cl)ccc5c4O)CC3CC(=O)N3CCOCC3)sc2CN1. The lowest BCUT2D eigenvalue weighted by molar-refractivity contribution is -0.136. The van der Waals surface area contributed by atoms with Crippen molar-refractivity contribution in [3.63, 3.8) is 0 Å². The molecule has 3 aromatic rings. The van der Waals surface area contributed by atoms with Crippen LogP contribution in [0.3, 0.4) is 0 Å². The minimum atomic E-state index is -4.13. The number of rotatable bonds is 5. The second-order valence-corrected chi connectivity index (χ2v) is 15.2. The summed E-state index contributed by atoms with van der Waals surface area (Å²) < 4.78 is 34.6. The first-order chi connectivity index (χ1) is 19.6. The van der Waals surface area contributed by atoms with Gasteiger partial charge in [0.2, 0.25) is 5.91 Å². The number of thiophene rings is 1. The van der Waals surface area contributed by atoms with Crippen LogP contribution in [0.1, 0.15) is 33.7 Å². The highest BCUT2D eigenvalue weighted by Gasteiger charge is 2.41. The fourth-order valence-electron chi connectivity index (χ4n) is 5.48. The van der Waals surface area contributed by atoms with Crippen molar-refractivity contribution in [1.82, 2.24) is 24.4 Å². The Kier molecular flexibility index (Phi) is 8.00. The second-order valence-electron chi connectivity index (χ2n) is 10.5. The molecule has 0 aliphatic carbocycles. The van der Waals surface area contributed by atoms with Crippen molar-refractivity contribution < 1.29 is 27.9 Å². The van der Waals surface area contributed by atoms with Crippen LogP contribution in [-0.2, 0) is 32.5 Å². The van der Waals surface area contributed by atoms with E-state index in [9.17, 15) is 23.1 Å². The molecule has 2 amide bonds. The largest absolute Gasteiger partial charge is 0.505 e. The van der Waals surface area contributed by atoms with Crippen LogP contribution in [0, 0.1) is 0 Å². The molecule has 3 aliphatic heterocycles. The Balaban J connectivity index is 1.28. The quantitative estimate of drug-likeness (QED) is 0.435. The molecule has 2 saturated heterocycles. The van der Waals surface area contributed by atoms with Gasteiger partial charge in [-0.1, -0.05) is 11.6 Å². The first-order valence-electron chi connectivity index (χ1n) is 13.4. The Morgan fingerprint density at radius 1 is 1.20 bits per heavy atom. The van der Waals surface area contributed by atoms with E-state index in [4.69, 9.17) is 16.3 Å². The van der Waals surface area contributed by atoms with Crippen molar-refractivity contribution in [3.8, 4) is 5.75 Å². The summed E-state index contributed by atoms with van der Waals surface area (Å²) in [6, 6.07) is 4.36. The zero-order valence-electron chi connectivity index (χ0n) is 22.3. The van der Waals surface area contributed by atoms with Crippen LogP contribution in [0.4, 0.5) is 0 Å². The Bertz CT molecular complexity index is 1600. The molecule has 5 heterocycles. The van der Waals surface area contributed by atoms with E-state index < -0.39 is 16.1 Å². The van der Waals surface area contributed by atoms with E-state index in [1.807, 2.05) is 0 Å². The van der Waals surface area contributed by atoms with E-state index in [2.05, 4.69) is 17.2 Å². The number of aromatic hydroxyl groups is 1. The second kappa shape index (κ2) is 11.4. The van der Waals surface area contributed by atoms with Crippen LogP contribution in [0.5, 0.6) is 5.75 Å². The number of carbonyl (C=O) groups excluding carboxylic acids is 2. The molecule has 15 heteroatoms. The zero-order valence-corrected chi connectivity index (χ0v) is 25.5. The average molecular weight is 640 g/mol.